The lowest BCUT2D eigenvalue weighted by molar-refractivity contribution is 0.188. The van der Waals surface area contributed by atoms with Gasteiger partial charge in [0.2, 0.25) is 0 Å². The zero-order valence-electron chi connectivity index (χ0n) is 9.45. The van der Waals surface area contributed by atoms with Crippen LogP contribution in [0.15, 0.2) is 18.3 Å². The molecule has 4 nitrogen and oxygen atoms in total. The molecule has 0 spiro atoms. The standard InChI is InChI=1S/C12H16N2O2/c1-7-3-4-10(16-2)12-11(7)8(6-14-12)9(15)5-13/h3-4,6,9,14-15H,5,13H2,1-2H3. The van der Waals surface area contributed by atoms with Gasteiger partial charge in [-0.3, -0.25) is 0 Å². The number of rotatable bonds is 3. The van der Waals surface area contributed by atoms with Crippen LogP contribution < -0.4 is 10.5 Å². The Morgan fingerprint density at radius 3 is 2.88 bits per heavy atom. The van der Waals surface area contributed by atoms with Crippen molar-refractivity contribution >= 4 is 10.9 Å². The summed E-state index contributed by atoms with van der Waals surface area (Å²) in [4.78, 5) is 3.12. The van der Waals surface area contributed by atoms with Crippen LogP contribution in [0.4, 0.5) is 0 Å². The van der Waals surface area contributed by atoms with Gasteiger partial charge in [-0.05, 0) is 18.6 Å². The third kappa shape index (κ3) is 1.56. The number of nitrogens with one attached hydrogen (secondary N) is 1. The Morgan fingerprint density at radius 1 is 1.50 bits per heavy atom. The summed E-state index contributed by atoms with van der Waals surface area (Å²) in [7, 11) is 1.63. The van der Waals surface area contributed by atoms with Crippen LogP contribution in [0, 0.1) is 6.92 Å². The molecule has 0 saturated carbocycles. The van der Waals surface area contributed by atoms with E-state index in [9.17, 15) is 5.11 Å². The van der Waals surface area contributed by atoms with Crippen molar-refractivity contribution in [2.75, 3.05) is 13.7 Å². The topological polar surface area (TPSA) is 71.3 Å². The molecule has 0 amide bonds. The molecule has 0 aliphatic carbocycles. The molecule has 4 heteroatoms. The minimum atomic E-state index is -0.639. The minimum absolute atomic E-state index is 0.212. The molecule has 16 heavy (non-hydrogen) atoms. The van der Waals surface area contributed by atoms with Crippen molar-refractivity contribution < 1.29 is 9.84 Å². The zero-order valence-corrected chi connectivity index (χ0v) is 9.45. The Morgan fingerprint density at radius 2 is 2.25 bits per heavy atom. The Kier molecular flexibility index (Phi) is 2.85. The van der Waals surface area contributed by atoms with Crippen molar-refractivity contribution in [1.29, 1.82) is 0 Å². The highest BCUT2D eigenvalue weighted by Gasteiger charge is 2.15. The van der Waals surface area contributed by atoms with E-state index >= 15 is 0 Å². The summed E-state index contributed by atoms with van der Waals surface area (Å²) < 4.78 is 5.27. The van der Waals surface area contributed by atoms with E-state index in [1.54, 1.807) is 13.3 Å². The lowest BCUT2D eigenvalue weighted by atomic mass is 10.0. The number of H-pyrrole nitrogens is 1. The highest BCUT2D eigenvalue weighted by molar-refractivity contribution is 5.91. The average molecular weight is 220 g/mol. The quantitative estimate of drug-likeness (QED) is 0.733. The summed E-state index contributed by atoms with van der Waals surface area (Å²) in [6.45, 7) is 2.21. The molecular formula is C12H16N2O2. The van der Waals surface area contributed by atoms with Crippen LogP contribution in [0.5, 0.6) is 5.75 Å². The number of hydrogen-bond donors (Lipinski definition) is 3. The summed E-state index contributed by atoms with van der Waals surface area (Å²) in [5.41, 5.74) is 8.31. The first-order valence-corrected chi connectivity index (χ1v) is 5.21. The van der Waals surface area contributed by atoms with E-state index in [0.29, 0.717) is 0 Å². The van der Waals surface area contributed by atoms with E-state index in [1.165, 1.54) is 0 Å². The van der Waals surface area contributed by atoms with Crippen molar-refractivity contribution in [2.45, 2.75) is 13.0 Å². The zero-order chi connectivity index (χ0) is 11.7. The van der Waals surface area contributed by atoms with Gasteiger partial charge in [0, 0.05) is 23.7 Å². The number of fused-ring (bicyclic) bond motifs is 1. The summed E-state index contributed by atoms with van der Waals surface area (Å²) in [5.74, 6) is 0.774. The molecule has 1 unspecified atom stereocenters. The number of aliphatic hydroxyl groups excluding tert-OH is 1. The van der Waals surface area contributed by atoms with E-state index in [2.05, 4.69) is 4.98 Å². The molecule has 4 N–H and O–H groups in total. The van der Waals surface area contributed by atoms with Gasteiger partial charge in [-0.15, -0.1) is 0 Å². The SMILES string of the molecule is COc1ccc(C)c2c(C(O)CN)c[nH]c12. The van der Waals surface area contributed by atoms with Crippen molar-refractivity contribution in [3.05, 3.63) is 29.5 Å². The van der Waals surface area contributed by atoms with Crippen molar-refractivity contribution in [1.82, 2.24) is 4.98 Å². The Hall–Kier alpha value is -1.52. The maximum absolute atomic E-state index is 9.82. The van der Waals surface area contributed by atoms with E-state index in [4.69, 9.17) is 10.5 Å². The van der Waals surface area contributed by atoms with E-state index in [1.807, 2.05) is 19.1 Å². The first kappa shape index (κ1) is 11.0. The molecule has 1 atom stereocenters. The number of methoxy groups -OCH3 is 1. The second-order valence-corrected chi connectivity index (χ2v) is 3.83. The monoisotopic (exact) mass is 220 g/mol. The molecular weight excluding hydrogens is 204 g/mol. The van der Waals surface area contributed by atoms with Gasteiger partial charge in [0.15, 0.2) is 0 Å². The lowest BCUT2D eigenvalue weighted by Crippen LogP contribution is -2.11. The fraction of sp³-hybridized carbons (Fsp3) is 0.333. The van der Waals surface area contributed by atoms with Gasteiger partial charge in [0.25, 0.3) is 0 Å². The number of nitrogens with two attached hydrogens (primary N) is 1. The summed E-state index contributed by atoms with van der Waals surface area (Å²) in [6, 6.07) is 3.88. The molecule has 0 aliphatic heterocycles. The first-order valence-electron chi connectivity index (χ1n) is 5.21. The van der Waals surface area contributed by atoms with Gasteiger partial charge in [0.05, 0.1) is 18.7 Å². The lowest BCUT2D eigenvalue weighted by Gasteiger charge is -2.09. The van der Waals surface area contributed by atoms with Crippen molar-refractivity contribution in [3.8, 4) is 5.75 Å². The molecule has 2 rings (SSSR count). The number of hydrogen-bond acceptors (Lipinski definition) is 3. The third-order valence-electron chi connectivity index (χ3n) is 2.84. The maximum atomic E-state index is 9.82. The normalized spacial score (nSPS) is 13.0. The van der Waals surface area contributed by atoms with Crippen LogP contribution in [-0.2, 0) is 0 Å². The summed E-state index contributed by atoms with van der Waals surface area (Å²) >= 11 is 0. The Labute approximate surface area is 94.0 Å². The molecule has 86 valence electrons. The summed E-state index contributed by atoms with van der Waals surface area (Å²) in [6.07, 6.45) is 1.15. The van der Waals surface area contributed by atoms with Gasteiger partial charge in [0.1, 0.15) is 5.75 Å². The van der Waals surface area contributed by atoms with Gasteiger partial charge in [-0.1, -0.05) is 6.07 Å². The van der Waals surface area contributed by atoms with E-state index in [-0.39, 0.29) is 6.54 Å². The molecule has 0 saturated heterocycles. The van der Waals surface area contributed by atoms with Gasteiger partial charge in [-0.2, -0.15) is 0 Å². The fourth-order valence-electron chi connectivity index (χ4n) is 1.98. The largest absolute Gasteiger partial charge is 0.495 e. The minimum Gasteiger partial charge on any atom is -0.495 e. The Bertz CT molecular complexity index is 505. The number of aliphatic hydroxyl groups is 1. The second kappa shape index (κ2) is 4.15. The number of ether oxygens (including phenoxy) is 1. The number of aromatic amines is 1. The van der Waals surface area contributed by atoms with Crippen LogP contribution in [0.1, 0.15) is 17.2 Å². The smallest absolute Gasteiger partial charge is 0.142 e. The fourth-order valence-corrected chi connectivity index (χ4v) is 1.98. The van der Waals surface area contributed by atoms with Crippen LogP contribution in [0.2, 0.25) is 0 Å². The highest BCUT2D eigenvalue weighted by Crippen LogP contribution is 2.32. The number of benzene rings is 1. The van der Waals surface area contributed by atoms with Gasteiger partial charge >= 0.3 is 0 Å². The predicted octanol–water partition coefficient (Wildman–Crippen LogP) is 1.48. The van der Waals surface area contributed by atoms with Crippen LogP contribution >= 0.6 is 0 Å². The van der Waals surface area contributed by atoms with E-state index in [0.717, 1.165) is 27.8 Å². The van der Waals surface area contributed by atoms with Crippen molar-refractivity contribution in [3.63, 3.8) is 0 Å². The third-order valence-corrected chi connectivity index (χ3v) is 2.84. The highest BCUT2D eigenvalue weighted by atomic mass is 16.5. The molecule has 1 aromatic carbocycles. The molecule has 1 aromatic heterocycles. The van der Waals surface area contributed by atoms with Gasteiger partial charge in [-0.25, -0.2) is 0 Å². The average Bonchev–Trinajstić information content (AvgIpc) is 2.74. The van der Waals surface area contributed by atoms with Crippen LogP contribution in [0.25, 0.3) is 10.9 Å². The molecule has 0 bridgehead atoms. The second-order valence-electron chi connectivity index (χ2n) is 3.83. The maximum Gasteiger partial charge on any atom is 0.142 e. The predicted molar refractivity (Wildman–Crippen MR) is 63.6 cm³/mol. The molecule has 0 radical (unpaired) electrons. The Balaban J connectivity index is 2.70. The van der Waals surface area contributed by atoms with E-state index < -0.39 is 6.10 Å². The number of aryl methyl sites for hydroxylation is 1. The first-order chi connectivity index (χ1) is 7.69. The molecule has 0 fully saturated rings. The number of aromatic nitrogens is 1. The van der Waals surface area contributed by atoms with Gasteiger partial charge < -0.3 is 20.6 Å². The van der Waals surface area contributed by atoms with Crippen molar-refractivity contribution in [2.24, 2.45) is 5.73 Å². The van der Waals surface area contributed by atoms with Crippen LogP contribution in [0.3, 0.4) is 0 Å². The molecule has 2 aromatic rings. The molecule has 1 heterocycles. The van der Waals surface area contributed by atoms with Crippen LogP contribution in [-0.4, -0.2) is 23.7 Å². The molecule has 0 aliphatic rings. The summed E-state index contributed by atoms with van der Waals surface area (Å²) in [5, 5.41) is 10.8.